The van der Waals surface area contributed by atoms with Crippen LogP contribution in [-0.2, 0) is 23.5 Å². The zero-order valence-electron chi connectivity index (χ0n) is 19.3. The van der Waals surface area contributed by atoms with E-state index in [1.54, 1.807) is 11.9 Å². The van der Waals surface area contributed by atoms with Crippen LogP contribution in [-0.4, -0.2) is 42.9 Å². The molecule has 0 spiro atoms. The van der Waals surface area contributed by atoms with Gasteiger partial charge in [0, 0.05) is 32.0 Å². The summed E-state index contributed by atoms with van der Waals surface area (Å²) in [6.07, 6.45) is 1.52. The van der Waals surface area contributed by atoms with Gasteiger partial charge in [-0.3, -0.25) is 9.40 Å². The summed E-state index contributed by atoms with van der Waals surface area (Å²) in [5.74, 6) is -3.29. The van der Waals surface area contributed by atoms with Crippen molar-refractivity contribution in [3.05, 3.63) is 70.5 Å². The van der Waals surface area contributed by atoms with Crippen LogP contribution in [0.1, 0.15) is 33.7 Å². The van der Waals surface area contributed by atoms with Crippen LogP contribution in [0.5, 0.6) is 0 Å². The van der Waals surface area contributed by atoms with Crippen molar-refractivity contribution in [2.45, 2.75) is 31.6 Å². The molecule has 182 valence electrons. The Bertz CT molecular complexity index is 1340. The van der Waals surface area contributed by atoms with Gasteiger partial charge in [-0.15, -0.1) is 0 Å². The first-order valence-corrected chi connectivity index (χ1v) is 11.9. The lowest BCUT2D eigenvalue weighted by atomic mass is 10.1. The minimum absolute atomic E-state index is 0.0835. The Kier molecular flexibility index (Phi) is 7.25. The van der Waals surface area contributed by atoms with Crippen LogP contribution < -0.4 is 9.62 Å². The molecule has 2 aromatic carbocycles. The lowest BCUT2D eigenvalue weighted by Gasteiger charge is -2.22. The fraction of sp³-hybridized carbons (Fsp3) is 0.304. The summed E-state index contributed by atoms with van der Waals surface area (Å²) in [7, 11) is -0.841. The number of halogens is 2. The van der Waals surface area contributed by atoms with E-state index in [0.29, 0.717) is 24.4 Å². The van der Waals surface area contributed by atoms with Gasteiger partial charge < -0.3 is 10.0 Å². The minimum atomic E-state index is -4.47. The molecule has 0 saturated carbocycles. The van der Waals surface area contributed by atoms with E-state index in [1.807, 2.05) is 25.6 Å². The maximum atomic E-state index is 13.9. The summed E-state index contributed by atoms with van der Waals surface area (Å²) >= 11 is 0. The first kappa shape index (κ1) is 25.2. The molecule has 0 fully saturated rings. The number of rotatable bonds is 9. The zero-order chi connectivity index (χ0) is 25.2. The molecule has 0 amide bonds. The largest absolute Gasteiger partial charge is 0.478 e. The molecule has 3 aromatic rings. The van der Waals surface area contributed by atoms with E-state index in [0.717, 1.165) is 41.9 Å². The van der Waals surface area contributed by atoms with Gasteiger partial charge in [-0.2, -0.15) is 5.10 Å². The number of hydrogen-bond acceptors (Lipinski definition) is 5. The number of anilines is 2. The standard InChI is InChI=1S/C23H26F2N4O4S/c1-14-18(15(2)29(4)26-14)6-5-11-28(3)21-10-8-17(13-19(21)23(30)31)27-34(32,33)22-12-16(24)7-9-20(22)25/h7-10,12-13,27H,5-6,11H2,1-4H3,(H,30,31). The Hall–Kier alpha value is -3.47. The van der Waals surface area contributed by atoms with Crippen molar-refractivity contribution < 1.29 is 27.1 Å². The maximum absolute atomic E-state index is 13.9. The predicted octanol–water partition coefficient (Wildman–Crippen LogP) is 3.88. The molecular weight excluding hydrogens is 466 g/mol. The molecule has 2 N–H and O–H groups in total. The molecule has 1 aromatic heterocycles. The van der Waals surface area contributed by atoms with Gasteiger partial charge in [-0.25, -0.2) is 22.0 Å². The molecule has 0 radical (unpaired) electrons. The summed E-state index contributed by atoms with van der Waals surface area (Å²) in [6.45, 7) is 4.49. The highest BCUT2D eigenvalue weighted by Gasteiger charge is 2.22. The third-order valence-corrected chi connectivity index (χ3v) is 7.05. The molecule has 3 rings (SSSR count). The molecule has 8 nitrogen and oxygen atoms in total. The number of aryl methyl sites for hydroxylation is 2. The lowest BCUT2D eigenvalue weighted by molar-refractivity contribution is 0.0697. The Morgan fingerprint density at radius 1 is 1.18 bits per heavy atom. The number of benzene rings is 2. The van der Waals surface area contributed by atoms with Crippen molar-refractivity contribution in [2.75, 3.05) is 23.2 Å². The fourth-order valence-electron chi connectivity index (χ4n) is 3.79. The van der Waals surface area contributed by atoms with Crippen molar-refractivity contribution in [2.24, 2.45) is 7.05 Å². The van der Waals surface area contributed by atoms with E-state index in [1.165, 1.54) is 12.1 Å². The number of aromatic carboxylic acids is 1. The summed E-state index contributed by atoms with van der Waals surface area (Å²) in [4.78, 5) is 12.8. The average Bonchev–Trinajstić information content (AvgIpc) is 3.00. The van der Waals surface area contributed by atoms with Gasteiger partial charge in [0.2, 0.25) is 0 Å². The van der Waals surface area contributed by atoms with Crippen LogP contribution >= 0.6 is 0 Å². The van der Waals surface area contributed by atoms with Gasteiger partial charge >= 0.3 is 5.97 Å². The molecule has 0 atom stereocenters. The second-order valence-electron chi connectivity index (χ2n) is 8.02. The van der Waals surface area contributed by atoms with Gasteiger partial charge in [0.25, 0.3) is 10.0 Å². The molecule has 11 heteroatoms. The fourth-order valence-corrected chi connectivity index (χ4v) is 4.93. The summed E-state index contributed by atoms with van der Waals surface area (Å²) < 4.78 is 56.4. The Labute approximate surface area is 196 Å². The van der Waals surface area contributed by atoms with Crippen LogP contribution in [0.15, 0.2) is 41.3 Å². The van der Waals surface area contributed by atoms with Crippen molar-refractivity contribution in [1.29, 1.82) is 0 Å². The normalized spacial score (nSPS) is 11.5. The number of hydrogen-bond donors (Lipinski definition) is 2. The van der Waals surface area contributed by atoms with Gasteiger partial charge in [-0.1, -0.05) is 0 Å². The number of sulfonamides is 1. The highest BCUT2D eigenvalue weighted by Crippen LogP contribution is 2.27. The number of carbonyl (C=O) groups is 1. The molecule has 0 aliphatic rings. The molecule has 0 aliphatic heterocycles. The second kappa shape index (κ2) is 9.80. The minimum Gasteiger partial charge on any atom is -0.478 e. The van der Waals surface area contributed by atoms with E-state index < -0.39 is 32.5 Å². The summed E-state index contributed by atoms with van der Waals surface area (Å²) in [5.41, 5.74) is 3.38. The Balaban J connectivity index is 1.78. The van der Waals surface area contributed by atoms with Gasteiger partial charge in [0.1, 0.15) is 16.5 Å². The highest BCUT2D eigenvalue weighted by molar-refractivity contribution is 7.92. The molecule has 0 aliphatic carbocycles. The van der Waals surface area contributed by atoms with E-state index in [9.17, 15) is 27.1 Å². The monoisotopic (exact) mass is 492 g/mol. The molecular formula is C23H26F2N4O4S. The SMILES string of the molecule is Cc1nn(C)c(C)c1CCCN(C)c1ccc(NS(=O)(=O)c2cc(F)ccc2F)cc1C(=O)O. The van der Waals surface area contributed by atoms with E-state index in [4.69, 9.17) is 0 Å². The van der Waals surface area contributed by atoms with Gasteiger partial charge in [0.15, 0.2) is 0 Å². The molecule has 1 heterocycles. The highest BCUT2D eigenvalue weighted by atomic mass is 32.2. The average molecular weight is 493 g/mol. The molecule has 0 bridgehead atoms. The van der Waals surface area contributed by atoms with Crippen LogP contribution in [0.3, 0.4) is 0 Å². The summed E-state index contributed by atoms with van der Waals surface area (Å²) in [6, 6.07) is 6.08. The third kappa shape index (κ3) is 5.36. The van der Waals surface area contributed by atoms with Crippen LogP contribution in [0, 0.1) is 25.5 Å². The van der Waals surface area contributed by atoms with E-state index in [-0.39, 0.29) is 11.3 Å². The number of aromatic nitrogens is 2. The quantitative estimate of drug-likeness (QED) is 0.470. The van der Waals surface area contributed by atoms with Crippen molar-refractivity contribution in [1.82, 2.24) is 9.78 Å². The van der Waals surface area contributed by atoms with Crippen LogP contribution in [0.25, 0.3) is 0 Å². The van der Waals surface area contributed by atoms with Gasteiger partial charge in [0.05, 0.1) is 16.9 Å². The number of carboxylic acids is 1. The number of nitrogens with zero attached hydrogens (tertiary/aromatic N) is 3. The Morgan fingerprint density at radius 3 is 2.50 bits per heavy atom. The van der Waals surface area contributed by atoms with Crippen molar-refractivity contribution in [3.63, 3.8) is 0 Å². The number of carboxylic acid groups (broad SMARTS) is 1. The molecule has 0 saturated heterocycles. The summed E-state index contributed by atoms with van der Waals surface area (Å²) in [5, 5.41) is 14.1. The second-order valence-corrected chi connectivity index (χ2v) is 9.67. The third-order valence-electron chi connectivity index (χ3n) is 5.65. The topological polar surface area (TPSA) is 105 Å². The van der Waals surface area contributed by atoms with Crippen molar-refractivity contribution in [3.8, 4) is 0 Å². The van der Waals surface area contributed by atoms with Crippen LogP contribution in [0.4, 0.5) is 20.2 Å². The smallest absolute Gasteiger partial charge is 0.337 e. The molecule has 0 unspecified atom stereocenters. The van der Waals surface area contributed by atoms with Crippen LogP contribution in [0.2, 0.25) is 0 Å². The lowest BCUT2D eigenvalue weighted by Crippen LogP contribution is -2.22. The van der Waals surface area contributed by atoms with Crippen molar-refractivity contribution >= 4 is 27.4 Å². The van der Waals surface area contributed by atoms with Gasteiger partial charge in [-0.05, 0) is 68.7 Å². The first-order chi connectivity index (χ1) is 15.9. The first-order valence-electron chi connectivity index (χ1n) is 10.5. The molecule has 34 heavy (non-hydrogen) atoms. The predicted molar refractivity (Wildman–Crippen MR) is 125 cm³/mol. The Morgan fingerprint density at radius 2 is 1.88 bits per heavy atom. The van der Waals surface area contributed by atoms with E-state index >= 15 is 0 Å². The maximum Gasteiger partial charge on any atom is 0.337 e. The van der Waals surface area contributed by atoms with E-state index in [2.05, 4.69) is 9.82 Å². The zero-order valence-corrected chi connectivity index (χ0v) is 20.1. The number of nitrogens with one attached hydrogen (secondary N) is 1.